The minimum atomic E-state index is -0.272. The summed E-state index contributed by atoms with van der Waals surface area (Å²) in [6.45, 7) is 0.899. The number of ketones is 1. The third-order valence-corrected chi connectivity index (χ3v) is 3.41. The van der Waals surface area contributed by atoms with Crippen LogP contribution >= 0.6 is 27.5 Å². The first-order valence-electron chi connectivity index (χ1n) is 5.50. The number of carbonyl (C=O) groups excluding carboxylic acids is 1. The Morgan fingerprint density at radius 2 is 2.37 bits per heavy atom. The van der Waals surface area contributed by atoms with Crippen LogP contribution in [0, 0.1) is 0 Å². The number of carbonyl (C=O) groups is 1. The highest BCUT2D eigenvalue weighted by atomic mass is 79.9. The molecule has 0 saturated heterocycles. The topological polar surface area (TPSA) is 57.0 Å². The van der Waals surface area contributed by atoms with Crippen LogP contribution in [0.1, 0.15) is 16.2 Å². The van der Waals surface area contributed by atoms with Crippen LogP contribution in [0.15, 0.2) is 29.0 Å². The molecule has 0 fully saturated rings. The summed E-state index contributed by atoms with van der Waals surface area (Å²) >= 11 is 9.34. The predicted molar refractivity (Wildman–Crippen MR) is 74.5 cm³/mol. The lowest BCUT2D eigenvalue weighted by Gasteiger charge is -2.07. The highest BCUT2D eigenvalue weighted by molar-refractivity contribution is 9.10. The van der Waals surface area contributed by atoms with Gasteiger partial charge in [-0.25, -0.2) is 0 Å². The summed E-state index contributed by atoms with van der Waals surface area (Å²) in [4.78, 5) is 16.5. The summed E-state index contributed by atoms with van der Waals surface area (Å²) < 4.78 is 7.12. The molecule has 100 valence electrons. The van der Waals surface area contributed by atoms with Crippen molar-refractivity contribution >= 4 is 33.3 Å². The monoisotopic (exact) mass is 343 g/mol. The van der Waals surface area contributed by atoms with E-state index in [0.29, 0.717) is 34.0 Å². The molecule has 2 aromatic heterocycles. The smallest absolute Gasteiger partial charge is 0.232 e. The molecule has 0 saturated carbocycles. The van der Waals surface area contributed by atoms with Gasteiger partial charge in [-0.15, -0.1) is 0 Å². The first kappa shape index (κ1) is 14.2. The maximum Gasteiger partial charge on any atom is 0.232 e. The molecule has 2 aromatic rings. The van der Waals surface area contributed by atoms with Crippen LogP contribution in [0.4, 0.5) is 0 Å². The van der Waals surface area contributed by atoms with E-state index in [4.69, 9.17) is 16.3 Å². The number of rotatable bonds is 5. The lowest BCUT2D eigenvalue weighted by atomic mass is 10.2. The lowest BCUT2D eigenvalue weighted by Crippen LogP contribution is -2.16. The van der Waals surface area contributed by atoms with Crippen LogP contribution in [0.2, 0.25) is 5.02 Å². The fourth-order valence-corrected chi connectivity index (χ4v) is 2.26. The Balaban J connectivity index is 2.39. The van der Waals surface area contributed by atoms with Crippen LogP contribution < -0.4 is 0 Å². The van der Waals surface area contributed by atoms with Gasteiger partial charge in [-0.1, -0.05) is 11.6 Å². The first-order chi connectivity index (χ1) is 9.15. The highest BCUT2D eigenvalue weighted by Gasteiger charge is 2.21. The SMILES string of the molecule is COCCn1ncc(Cl)c1C(=O)c1ncccc1Br. The van der Waals surface area contributed by atoms with Gasteiger partial charge in [0.15, 0.2) is 0 Å². The van der Waals surface area contributed by atoms with Gasteiger partial charge in [0.25, 0.3) is 0 Å². The average Bonchev–Trinajstić information content (AvgIpc) is 2.77. The van der Waals surface area contributed by atoms with Crippen LogP contribution in [0.3, 0.4) is 0 Å². The van der Waals surface area contributed by atoms with E-state index in [9.17, 15) is 4.79 Å². The fourth-order valence-electron chi connectivity index (χ4n) is 1.60. The number of ether oxygens (including phenoxy) is 1. The number of aromatic nitrogens is 3. The first-order valence-corrected chi connectivity index (χ1v) is 6.67. The molecule has 5 nitrogen and oxygen atoms in total. The van der Waals surface area contributed by atoms with Gasteiger partial charge in [0.2, 0.25) is 5.78 Å². The van der Waals surface area contributed by atoms with Crippen molar-refractivity contribution in [1.29, 1.82) is 0 Å². The van der Waals surface area contributed by atoms with Gasteiger partial charge in [0.1, 0.15) is 11.4 Å². The number of hydrogen-bond acceptors (Lipinski definition) is 4. The number of halogens is 2. The zero-order valence-electron chi connectivity index (χ0n) is 10.1. The summed E-state index contributed by atoms with van der Waals surface area (Å²) in [6, 6.07) is 3.49. The number of methoxy groups -OCH3 is 1. The zero-order valence-corrected chi connectivity index (χ0v) is 12.5. The molecule has 0 N–H and O–H groups in total. The van der Waals surface area contributed by atoms with Crippen molar-refractivity contribution in [2.24, 2.45) is 0 Å². The molecule has 0 bridgehead atoms. The molecule has 0 atom stereocenters. The van der Waals surface area contributed by atoms with E-state index in [1.807, 2.05) is 0 Å². The Bertz CT molecular complexity index is 600. The van der Waals surface area contributed by atoms with Crippen LogP contribution in [-0.4, -0.2) is 34.3 Å². The van der Waals surface area contributed by atoms with E-state index in [1.54, 1.807) is 25.4 Å². The van der Waals surface area contributed by atoms with Crippen molar-refractivity contribution in [2.45, 2.75) is 6.54 Å². The molecule has 2 rings (SSSR count). The van der Waals surface area contributed by atoms with Gasteiger partial charge in [-0.3, -0.25) is 14.5 Å². The lowest BCUT2D eigenvalue weighted by molar-refractivity contribution is 0.102. The molecule has 0 unspecified atom stereocenters. The third kappa shape index (κ3) is 3.02. The maximum absolute atomic E-state index is 12.5. The quantitative estimate of drug-likeness (QED) is 0.782. The Labute approximate surface area is 123 Å². The largest absolute Gasteiger partial charge is 0.383 e. The van der Waals surface area contributed by atoms with Gasteiger partial charge in [0, 0.05) is 17.8 Å². The van der Waals surface area contributed by atoms with Crippen molar-refractivity contribution in [3.63, 3.8) is 0 Å². The van der Waals surface area contributed by atoms with Crippen molar-refractivity contribution in [2.75, 3.05) is 13.7 Å². The van der Waals surface area contributed by atoms with Gasteiger partial charge < -0.3 is 4.74 Å². The molecule has 7 heteroatoms. The Hall–Kier alpha value is -1.24. The molecule has 19 heavy (non-hydrogen) atoms. The molecule has 0 aliphatic rings. The molecular formula is C12H11BrClN3O2. The second-order valence-electron chi connectivity index (χ2n) is 3.72. The third-order valence-electron chi connectivity index (χ3n) is 2.49. The second-order valence-corrected chi connectivity index (χ2v) is 4.98. The maximum atomic E-state index is 12.5. The number of hydrogen-bond donors (Lipinski definition) is 0. The van der Waals surface area contributed by atoms with Crippen molar-refractivity contribution < 1.29 is 9.53 Å². The van der Waals surface area contributed by atoms with Crippen molar-refractivity contribution in [1.82, 2.24) is 14.8 Å². The van der Waals surface area contributed by atoms with Crippen molar-refractivity contribution in [3.8, 4) is 0 Å². The van der Waals surface area contributed by atoms with Gasteiger partial charge in [-0.05, 0) is 28.1 Å². The minimum Gasteiger partial charge on any atom is -0.383 e. The highest BCUT2D eigenvalue weighted by Crippen LogP contribution is 2.22. The molecule has 0 radical (unpaired) electrons. The standard InChI is InChI=1S/C12H11BrClN3O2/c1-19-6-5-17-11(9(14)7-16-17)12(18)10-8(13)3-2-4-15-10/h2-4,7H,5-6H2,1H3. The Kier molecular flexibility index (Phi) is 4.68. The summed E-state index contributed by atoms with van der Waals surface area (Å²) in [6.07, 6.45) is 3.00. The molecular weight excluding hydrogens is 334 g/mol. The van der Waals surface area contributed by atoms with Crippen molar-refractivity contribution in [3.05, 3.63) is 45.4 Å². The number of nitrogens with zero attached hydrogens (tertiary/aromatic N) is 3. The summed E-state index contributed by atoms with van der Waals surface area (Å²) in [7, 11) is 1.59. The van der Waals surface area contributed by atoms with Crippen LogP contribution in [-0.2, 0) is 11.3 Å². The molecule has 0 aliphatic heterocycles. The summed E-state index contributed by atoms with van der Waals surface area (Å²) in [5, 5.41) is 4.37. The summed E-state index contributed by atoms with van der Waals surface area (Å²) in [5.41, 5.74) is 0.627. The predicted octanol–water partition coefficient (Wildman–Crippen LogP) is 2.57. The Morgan fingerprint density at radius 3 is 3.05 bits per heavy atom. The fraction of sp³-hybridized carbons (Fsp3) is 0.250. The van der Waals surface area contributed by atoms with Crippen LogP contribution in [0.5, 0.6) is 0 Å². The molecule has 0 amide bonds. The van der Waals surface area contributed by atoms with Crippen LogP contribution in [0.25, 0.3) is 0 Å². The van der Waals surface area contributed by atoms with Gasteiger partial charge >= 0.3 is 0 Å². The van der Waals surface area contributed by atoms with Gasteiger partial charge in [-0.2, -0.15) is 5.10 Å². The van der Waals surface area contributed by atoms with E-state index < -0.39 is 0 Å². The van der Waals surface area contributed by atoms with E-state index in [1.165, 1.54) is 10.9 Å². The Morgan fingerprint density at radius 1 is 1.58 bits per heavy atom. The molecule has 0 spiro atoms. The molecule has 0 aromatic carbocycles. The number of pyridine rings is 1. The summed E-state index contributed by atoms with van der Waals surface area (Å²) in [5.74, 6) is -0.272. The normalized spacial score (nSPS) is 10.7. The second kappa shape index (κ2) is 6.27. The minimum absolute atomic E-state index is 0.272. The molecule has 0 aliphatic carbocycles. The van der Waals surface area contributed by atoms with E-state index >= 15 is 0 Å². The van der Waals surface area contributed by atoms with Gasteiger partial charge in [0.05, 0.1) is 24.4 Å². The average molecular weight is 345 g/mol. The zero-order chi connectivity index (χ0) is 13.8. The van der Waals surface area contributed by atoms with E-state index in [2.05, 4.69) is 26.0 Å². The van der Waals surface area contributed by atoms with E-state index in [-0.39, 0.29) is 5.78 Å². The molecule has 2 heterocycles. The van der Waals surface area contributed by atoms with E-state index in [0.717, 1.165) is 0 Å².